The summed E-state index contributed by atoms with van der Waals surface area (Å²) in [6.45, 7) is 5.88. The van der Waals surface area contributed by atoms with Crippen LogP contribution in [-0.4, -0.2) is 18.4 Å². The third-order valence-corrected chi connectivity index (χ3v) is 7.73. The summed E-state index contributed by atoms with van der Waals surface area (Å²) >= 11 is 1.63. The van der Waals surface area contributed by atoms with Crippen LogP contribution in [0.3, 0.4) is 0 Å². The Labute approximate surface area is 207 Å². The summed E-state index contributed by atoms with van der Waals surface area (Å²) in [6, 6.07) is 9.45. The van der Waals surface area contributed by atoms with Crippen molar-refractivity contribution in [2.75, 3.05) is 6.61 Å². The van der Waals surface area contributed by atoms with E-state index in [-0.39, 0.29) is 29.3 Å². The molecule has 5 rings (SSSR count). The van der Waals surface area contributed by atoms with Crippen LogP contribution in [0.4, 0.5) is 0 Å². The molecule has 0 saturated carbocycles. The fraction of sp³-hybridized carbons (Fsp3) is 0.321. The van der Waals surface area contributed by atoms with Crippen molar-refractivity contribution < 1.29 is 18.7 Å². The number of hydrogen-bond acceptors (Lipinski definition) is 7. The Balaban J connectivity index is 1.68. The SMILES string of the molecule is CCCOC(=O)C1=C(C)NC2=C(C(=O)C[C@H](c3cccs3)C2)[C@H]1c1coc2ccc(C)cc2c1=O. The minimum Gasteiger partial charge on any atom is -0.464 e. The zero-order valence-corrected chi connectivity index (χ0v) is 20.8. The smallest absolute Gasteiger partial charge is 0.336 e. The number of rotatable bonds is 5. The normalized spacial score (nSPS) is 20.1. The molecule has 0 spiro atoms. The molecule has 35 heavy (non-hydrogen) atoms. The van der Waals surface area contributed by atoms with Gasteiger partial charge in [-0.25, -0.2) is 4.79 Å². The van der Waals surface area contributed by atoms with Gasteiger partial charge in [-0.1, -0.05) is 24.6 Å². The minimum atomic E-state index is -0.839. The number of ketones is 1. The molecule has 7 heteroatoms. The molecule has 2 aliphatic rings. The summed E-state index contributed by atoms with van der Waals surface area (Å²) in [4.78, 5) is 41.7. The largest absolute Gasteiger partial charge is 0.464 e. The van der Waals surface area contributed by atoms with Crippen molar-refractivity contribution in [1.29, 1.82) is 0 Å². The topological polar surface area (TPSA) is 85.6 Å². The summed E-state index contributed by atoms with van der Waals surface area (Å²) in [5, 5.41) is 5.77. The van der Waals surface area contributed by atoms with Crippen LogP contribution in [0.25, 0.3) is 11.0 Å². The van der Waals surface area contributed by atoms with Crippen molar-refractivity contribution in [3.8, 4) is 0 Å². The molecule has 3 heterocycles. The van der Waals surface area contributed by atoms with Crippen LogP contribution in [0.15, 0.2) is 73.7 Å². The second-order valence-electron chi connectivity index (χ2n) is 9.19. The molecule has 1 aliphatic heterocycles. The van der Waals surface area contributed by atoms with Crippen LogP contribution in [0, 0.1) is 6.92 Å². The first kappa shape index (κ1) is 23.3. The van der Waals surface area contributed by atoms with Crippen LogP contribution < -0.4 is 10.7 Å². The van der Waals surface area contributed by atoms with Crippen molar-refractivity contribution in [2.24, 2.45) is 0 Å². The van der Waals surface area contributed by atoms with Crippen LogP contribution in [0.2, 0.25) is 0 Å². The Hall–Kier alpha value is -3.45. The van der Waals surface area contributed by atoms with Gasteiger partial charge < -0.3 is 14.5 Å². The fourth-order valence-corrected chi connectivity index (χ4v) is 5.91. The molecule has 0 fully saturated rings. The maximum Gasteiger partial charge on any atom is 0.336 e. The van der Waals surface area contributed by atoms with E-state index in [0.29, 0.717) is 47.1 Å². The van der Waals surface area contributed by atoms with Gasteiger partial charge in [-0.05, 0) is 50.3 Å². The quantitative estimate of drug-likeness (QED) is 0.478. The van der Waals surface area contributed by atoms with E-state index in [4.69, 9.17) is 9.15 Å². The van der Waals surface area contributed by atoms with E-state index in [2.05, 4.69) is 5.32 Å². The molecule has 180 valence electrons. The summed E-state index contributed by atoms with van der Waals surface area (Å²) in [5.41, 5.74) is 3.55. The number of aryl methyl sites for hydroxylation is 1. The van der Waals surface area contributed by atoms with Gasteiger partial charge in [-0.2, -0.15) is 0 Å². The van der Waals surface area contributed by atoms with Crippen molar-refractivity contribution in [3.05, 3.63) is 90.7 Å². The Morgan fingerprint density at radius 3 is 2.77 bits per heavy atom. The first-order valence-corrected chi connectivity index (χ1v) is 12.7. The molecule has 0 radical (unpaired) electrons. The molecule has 2 aromatic heterocycles. The highest BCUT2D eigenvalue weighted by Crippen LogP contribution is 2.45. The standard InChI is InChI=1S/C28H27NO5S/c1-4-9-33-28(32)24-16(3)29-20-12-17(23-6-5-10-35-23)13-21(30)26(20)25(24)19-14-34-22-8-7-15(2)11-18(22)27(19)31/h5-8,10-11,14,17,25,29H,4,9,12-13H2,1-3H3/t17-,25+/m1/s1. The average Bonchev–Trinajstić information content (AvgIpc) is 3.37. The third-order valence-electron chi connectivity index (χ3n) is 6.70. The van der Waals surface area contributed by atoms with Gasteiger partial charge in [0.2, 0.25) is 0 Å². The van der Waals surface area contributed by atoms with E-state index < -0.39 is 11.9 Å². The number of ether oxygens (including phenoxy) is 1. The van der Waals surface area contributed by atoms with E-state index in [1.165, 1.54) is 6.26 Å². The maximum atomic E-state index is 13.7. The number of carbonyl (C=O) groups is 2. The van der Waals surface area contributed by atoms with Crippen molar-refractivity contribution in [3.63, 3.8) is 0 Å². The second kappa shape index (κ2) is 9.30. The molecule has 3 aromatic rings. The molecule has 0 unspecified atom stereocenters. The highest BCUT2D eigenvalue weighted by Gasteiger charge is 2.43. The zero-order chi connectivity index (χ0) is 24.7. The predicted molar refractivity (Wildman–Crippen MR) is 135 cm³/mol. The Morgan fingerprint density at radius 1 is 1.20 bits per heavy atom. The molecular formula is C28H27NO5S. The zero-order valence-electron chi connectivity index (χ0n) is 20.0. The fourth-order valence-electron chi connectivity index (χ4n) is 5.08. The van der Waals surface area contributed by atoms with E-state index in [0.717, 1.165) is 16.1 Å². The van der Waals surface area contributed by atoms with Crippen molar-refractivity contribution >= 4 is 34.1 Å². The van der Waals surface area contributed by atoms with Gasteiger partial charge in [-0.3, -0.25) is 9.59 Å². The second-order valence-corrected chi connectivity index (χ2v) is 10.2. The number of carbonyl (C=O) groups excluding carboxylic acids is 2. The maximum absolute atomic E-state index is 13.7. The van der Waals surface area contributed by atoms with Gasteiger partial charge in [0.05, 0.1) is 29.7 Å². The Kier molecular flexibility index (Phi) is 6.19. The van der Waals surface area contributed by atoms with Gasteiger partial charge in [0.1, 0.15) is 5.58 Å². The number of Topliss-reactive ketones (excluding diaryl/α,β-unsaturated/α-hetero) is 1. The van der Waals surface area contributed by atoms with Gasteiger partial charge in [0.15, 0.2) is 11.2 Å². The van der Waals surface area contributed by atoms with Crippen LogP contribution in [0.1, 0.15) is 60.9 Å². The third kappa shape index (κ3) is 4.14. The lowest BCUT2D eigenvalue weighted by atomic mass is 9.73. The minimum absolute atomic E-state index is 0.0615. The van der Waals surface area contributed by atoms with E-state index in [1.54, 1.807) is 30.4 Å². The summed E-state index contributed by atoms with van der Waals surface area (Å²) in [7, 11) is 0. The molecule has 6 nitrogen and oxygen atoms in total. The Morgan fingerprint density at radius 2 is 2.03 bits per heavy atom. The van der Waals surface area contributed by atoms with E-state index >= 15 is 0 Å². The molecule has 1 aromatic carbocycles. The monoisotopic (exact) mass is 489 g/mol. The molecular weight excluding hydrogens is 462 g/mol. The average molecular weight is 490 g/mol. The first-order valence-electron chi connectivity index (χ1n) is 11.9. The summed E-state index contributed by atoms with van der Waals surface area (Å²) in [5.74, 6) is -1.37. The van der Waals surface area contributed by atoms with Gasteiger partial charge >= 0.3 is 5.97 Å². The summed E-state index contributed by atoms with van der Waals surface area (Å²) < 4.78 is 11.3. The number of allylic oxidation sites excluding steroid dienone is 3. The van der Waals surface area contributed by atoms with Crippen LogP contribution >= 0.6 is 11.3 Å². The number of fused-ring (bicyclic) bond motifs is 1. The highest BCUT2D eigenvalue weighted by molar-refractivity contribution is 7.10. The predicted octanol–water partition coefficient (Wildman–Crippen LogP) is 5.48. The number of esters is 1. The summed E-state index contributed by atoms with van der Waals surface area (Å²) in [6.07, 6.45) is 3.03. The molecule has 0 bridgehead atoms. The number of hydrogen-bond donors (Lipinski definition) is 1. The van der Waals surface area contributed by atoms with E-state index in [9.17, 15) is 14.4 Å². The number of dihydropyridines is 1. The lowest BCUT2D eigenvalue weighted by Crippen LogP contribution is -2.37. The lowest BCUT2D eigenvalue weighted by molar-refractivity contribution is -0.139. The van der Waals surface area contributed by atoms with Crippen molar-refractivity contribution in [2.45, 2.75) is 51.9 Å². The molecule has 1 aliphatic carbocycles. The lowest BCUT2D eigenvalue weighted by Gasteiger charge is -2.36. The molecule has 1 N–H and O–H groups in total. The molecule has 2 atom stereocenters. The number of benzene rings is 1. The van der Waals surface area contributed by atoms with Gasteiger partial charge in [-0.15, -0.1) is 11.3 Å². The highest BCUT2D eigenvalue weighted by atomic mass is 32.1. The van der Waals surface area contributed by atoms with Gasteiger partial charge in [0, 0.05) is 39.7 Å². The van der Waals surface area contributed by atoms with Crippen molar-refractivity contribution in [1.82, 2.24) is 5.32 Å². The Bertz CT molecular complexity index is 1440. The van der Waals surface area contributed by atoms with Crippen LogP contribution in [0.5, 0.6) is 0 Å². The number of thiophene rings is 1. The number of nitrogens with one attached hydrogen (secondary N) is 1. The van der Waals surface area contributed by atoms with Crippen LogP contribution in [-0.2, 0) is 14.3 Å². The molecule has 0 amide bonds. The van der Waals surface area contributed by atoms with Gasteiger partial charge in [0.25, 0.3) is 0 Å². The first-order chi connectivity index (χ1) is 16.9. The van der Waals surface area contributed by atoms with E-state index in [1.807, 2.05) is 37.4 Å². The molecule has 0 saturated heterocycles.